The van der Waals surface area contributed by atoms with Gasteiger partial charge in [-0.05, 0) is 30.3 Å². The summed E-state index contributed by atoms with van der Waals surface area (Å²) in [6.07, 6.45) is 0. The van der Waals surface area contributed by atoms with Crippen LogP contribution in [-0.2, 0) is 19.5 Å². The molecule has 0 saturated heterocycles. The van der Waals surface area contributed by atoms with Crippen LogP contribution in [0.1, 0.15) is 20.7 Å². The molecule has 1 heterocycles. The summed E-state index contributed by atoms with van der Waals surface area (Å²) < 4.78 is 37.8. The largest absolute Gasteiger partial charge is 0.465 e. The minimum absolute atomic E-state index is 0.00291. The monoisotopic (exact) mass is 423 g/mol. The molecule has 0 atom stereocenters. The number of nitrogens with zero attached hydrogens (tertiary/aromatic N) is 1. The average molecular weight is 423 g/mol. The lowest BCUT2D eigenvalue weighted by Gasteiger charge is -2.11. The predicted molar refractivity (Wildman–Crippen MR) is 111 cm³/mol. The second-order valence-electron chi connectivity index (χ2n) is 6.50. The fourth-order valence-corrected chi connectivity index (χ4v) is 5.03. The van der Waals surface area contributed by atoms with Crippen LogP contribution in [0.2, 0.25) is 0 Å². The normalized spacial score (nSPS) is 11.5. The van der Waals surface area contributed by atoms with Gasteiger partial charge in [-0.25, -0.2) is 22.0 Å². The predicted octanol–water partition coefficient (Wildman–Crippen LogP) is 3.60. The number of para-hydroxylation sites is 1. The molecular weight excluding hydrogens is 406 g/mol. The number of hydrogen-bond acceptors (Lipinski definition) is 6. The van der Waals surface area contributed by atoms with Crippen LogP contribution in [0, 0.1) is 0 Å². The van der Waals surface area contributed by atoms with E-state index < -0.39 is 22.0 Å². The van der Waals surface area contributed by atoms with E-state index >= 15 is 0 Å². The molecule has 1 aromatic heterocycles. The first-order valence-corrected chi connectivity index (χ1v) is 10.4. The lowest BCUT2D eigenvalue weighted by molar-refractivity contribution is 0.0555. The van der Waals surface area contributed by atoms with Gasteiger partial charge in [-0.1, -0.05) is 36.4 Å². The molecule has 0 saturated carbocycles. The molecule has 0 aliphatic rings. The van der Waals surface area contributed by atoms with Gasteiger partial charge in [0.2, 0.25) is 0 Å². The smallest absolute Gasteiger partial charge is 0.338 e. The van der Waals surface area contributed by atoms with Gasteiger partial charge in [0.15, 0.2) is 0 Å². The van der Waals surface area contributed by atoms with Gasteiger partial charge in [0, 0.05) is 10.8 Å². The second kappa shape index (κ2) is 7.31. The Balaban J connectivity index is 2.18. The SMILES string of the molecule is COC(=O)c1cc2c3ccccc3n(S(=O)(=O)c3ccccc3)c2cc1C(=O)OC. The van der Waals surface area contributed by atoms with Crippen LogP contribution in [0.4, 0.5) is 0 Å². The van der Waals surface area contributed by atoms with Crippen molar-refractivity contribution in [2.45, 2.75) is 4.90 Å². The molecule has 0 spiro atoms. The summed E-state index contributed by atoms with van der Waals surface area (Å²) in [6, 6.07) is 17.7. The highest BCUT2D eigenvalue weighted by Crippen LogP contribution is 2.34. The third kappa shape index (κ3) is 2.93. The van der Waals surface area contributed by atoms with Crippen molar-refractivity contribution in [2.24, 2.45) is 0 Å². The molecule has 3 aromatic carbocycles. The number of esters is 2. The van der Waals surface area contributed by atoms with E-state index in [1.54, 1.807) is 42.5 Å². The van der Waals surface area contributed by atoms with Crippen molar-refractivity contribution in [2.75, 3.05) is 14.2 Å². The Kier molecular flexibility index (Phi) is 4.79. The van der Waals surface area contributed by atoms with E-state index in [1.807, 2.05) is 0 Å². The molecule has 0 fully saturated rings. The van der Waals surface area contributed by atoms with Crippen LogP contribution >= 0.6 is 0 Å². The number of rotatable bonds is 4. The Labute approximate surface area is 172 Å². The van der Waals surface area contributed by atoms with Crippen molar-refractivity contribution < 1.29 is 27.5 Å². The van der Waals surface area contributed by atoms with Crippen molar-refractivity contribution in [3.05, 3.63) is 77.9 Å². The molecule has 0 bridgehead atoms. The summed E-state index contributed by atoms with van der Waals surface area (Å²) in [5.41, 5.74) is 0.600. The van der Waals surface area contributed by atoms with Crippen LogP contribution in [0.15, 0.2) is 71.6 Å². The molecule has 152 valence electrons. The van der Waals surface area contributed by atoms with E-state index in [4.69, 9.17) is 9.47 Å². The van der Waals surface area contributed by atoms with Crippen LogP contribution in [-0.4, -0.2) is 38.5 Å². The van der Waals surface area contributed by atoms with Gasteiger partial charge < -0.3 is 9.47 Å². The van der Waals surface area contributed by atoms with Crippen LogP contribution < -0.4 is 0 Å². The Morgan fingerprint density at radius 2 is 1.30 bits per heavy atom. The van der Waals surface area contributed by atoms with E-state index in [0.717, 1.165) is 0 Å². The Hall–Kier alpha value is -3.65. The fraction of sp³-hybridized carbons (Fsp3) is 0.0909. The number of ether oxygens (including phenoxy) is 2. The first-order valence-electron chi connectivity index (χ1n) is 8.94. The first-order chi connectivity index (χ1) is 14.4. The first kappa shape index (κ1) is 19.7. The number of carbonyl (C=O) groups excluding carboxylic acids is 2. The third-order valence-electron chi connectivity index (χ3n) is 4.86. The molecule has 0 aliphatic heterocycles. The molecular formula is C22H17NO6S. The van der Waals surface area contributed by atoms with Crippen LogP contribution in [0.3, 0.4) is 0 Å². The molecule has 4 rings (SSSR count). The lowest BCUT2D eigenvalue weighted by atomic mass is 10.0. The highest BCUT2D eigenvalue weighted by atomic mass is 32.2. The highest BCUT2D eigenvalue weighted by Gasteiger charge is 2.27. The molecule has 0 aliphatic carbocycles. The minimum Gasteiger partial charge on any atom is -0.465 e. The van der Waals surface area contributed by atoms with Gasteiger partial charge >= 0.3 is 11.9 Å². The summed E-state index contributed by atoms with van der Waals surface area (Å²) in [4.78, 5) is 24.8. The summed E-state index contributed by atoms with van der Waals surface area (Å²) >= 11 is 0. The van der Waals surface area contributed by atoms with Gasteiger partial charge in [-0.15, -0.1) is 0 Å². The van der Waals surface area contributed by atoms with E-state index in [2.05, 4.69) is 0 Å². The number of aromatic nitrogens is 1. The lowest BCUT2D eigenvalue weighted by Crippen LogP contribution is -2.15. The van der Waals surface area contributed by atoms with Gasteiger partial charge in [-0.3, -0.25) is 0 Å². The van der Waals surface area contributed by atoms with E-state index in [9.17, 15) is 18.0 Å². The van der Waals surface area contributed by atoms with E-state index in [-0.39, 0.29) is 21.5 Å². The Morgan fingerprint density at radius 3 is 1.93 bits per heavy atom. The van der Waals surface area contributed by atoms with Crippen molar-refractivity contribution in [1.29, 1.82) is 0 Å². The number of carbonyl (C=O) groups is 2. The molecule has 7 nitrogen and oxygen atoms in total. The zero-order valence-electron chi connectivity index (χ0n) is 16.2. The Bertz CT molecular complexity index is 1400. The molecule has 0 unspecified atom stereocenters. The molecule has 0 amide bonds. The highest BCUT2D eigenvalue weighted by molar-refractivity contribution is 7.90. The molecule has 4 aromatic rings. The van der Waals surface area contributed by atoms with Gasteiger partial charge in [0.05, 0.1) is 41.3 Å². The maximum absolute atomic E-state index is 13.5. The van der Waals surface area contributed by atoms with Crippen LogP contribution in [0.5, 0.6) is 0 Å². The summed E-state index contributed by atoms with van der Waals surface area (Å²) in [5.74, 6) is -1.49. The fourth-order valence-electron chi connectivity index (χ4n) is 3.49. The van der Waals surface area contributed by atoms with Gasteiger partial charge in [-0.2, -0.15) is 0 Å². The van der Waals surface area contributed by atoms with E-state index in [0.29, 0.717) is 16.3 Å². The van der Waals surface area contributed by atoms with E-state index in [1.165, 1.54) is 42.5 Å². The van der Waals surface area contributed by atoms with Gasteiger partial charge in [0.25, 0.3) is 10.0 Å². The molecule has 0 radical (unpaired) electrons. The van der Waals surface area contributed by atoms with Gasteiger partial charge in [0.1, 0.15) is 0 Å². The number of hydrogen-bond donors (Lipinski definition) is 0. The summed E-state index contributed by atoms with van der Waals surface area (Å²) in [6.45, 7) is 0. The van der Waals surface area contributed by atoms with Crippen molar-refractivity contribution in [3.8, 4) is 0 Å². The van der Waals surface area contributed by atoms with Crippen molar-refractivity contribution >= 4 is 43.8 Å². The topological polar surface area (TPSA) is 91.7 Å². The number of methoxy groups -OCH3 is 2. The quantitative estimate of drug-likeness (QED) is 0.466. The second-order valence-corrected chi connectivity index (χ2v) is 8.28. The minimum atomic E-state index is -3.99. The zero-order chi connectivity index (χ0) is 21.5. The number of benzene rings is 3. The van der Waals surface area contributed by atoms with Crippen LogP contribution in [0.25, 0.3) is 21.8 Å². The third-order valence-corrected chi connectivity index (χ3v) is 6.60. The van der Waals surface area contributed by atoms with Crippen molar-refractivity contribution in [1.82, 2.24) is 3.97 Å². The average Bonchev–Trinajstić information content (AvgIpc) is 3.11. The maximum Gasteiger partial charge on any atom is 0.338 e. The zero-order valence-corrected chi connectivity index (χ0v) is 17.0. The maximum atomic E-state index is 13.5. The molecule has 8 heteroatoms. The standard InChI is InChI=1S/C22H17NO6S/c1-28-21(24)17-12-16-15-10-6-7-11-19(15)23(20(16)13-18(17)22(25)29-2)30(26,27)14-8-4-3-5-9-14/h3-13H,1-2H3. The van der Waals surface area contributed by atoms with Crippen molar-refractivity contribution in [3.63, 3.8) is 0 Å². The summed E-state index contributed by atoms with van der Waals surface area (Å²) in [7, 11) is -1.60. The summed E-state index contributed by atoms with van der Waals surface area (Å²) in [5, 5.41) is 1.12. The number of fused-ring (bicyclic) bond motifs is 3. The molecule has 30 heavy (non-hydrogen) atoms. The Morgan fingerprint density at radius 1 is 0.733 bits per heavy atom. The molecule has 0 N–H and O–H groups in total.